The zero-order chi connectivity index (χ0) is 10.1. The monoisotopic (exact) mass is 185 g/mol. The fourth-order valence-corrected chi connectivity index (χ4v) is 0.914. The lowest BCUT2D eigenvalue weighted by Gasteiger charge is -2.25. The Morgan fingerprint density at radius 3 is 2.38 bits per heavy atom. The van der Waals surface area contributed by atoms with Crippen molar-refractivity contribution in [1.82, 2.24) is 5.32 Å². The lowest BCUT2D eigenvalue weighted by molar-refractivity contribution is -0.160. The maximum atomic E-state index is 10.5. The zero-order valence-corrected chi connectivity index (χ0v) is 6.39. The van der Waals surface area contributed by atoms with Crippen molar-refractivity contribution in [3.63, 3.8) is 0 Å². The first-order valence-corrected chi connectivity index (χ1v) is 3.32. The van der Waals surface area contributed by atoms with Gasteiger partial charge in [0.25, 0.3) is 5.72 Å². The molecule has 0 bridgehead atoms. The normalized spacial score (nSPS) is 26.1. The molecule has 1 atom stereocenters. The standard InChI is InChI=1S/C7H7NO5/c9-5(10)4-2-1-3-8-7(4,13)6(11)12/h1-3,8,13H,(H,9,10)(H,11,12). The maximum absolute atomic E-state index is 10.5. The van der Waals surface area contributed by atoms with Crippen molar-refractivity contribution < 1.29 is 24.9 Å². The van der Waals surface area contributed by atoms with Gasteiger partial charge in [0.05, 0.1) is 0 Å². The molecule has 0 aliphatic carbocycles. The lowest BCUT2D eigenvalue weighted by atomic mass is 10.0. The summed E-state index contributed by atoms with van der Waals surface area (Å²) in [6, 6.07) is 0. The predicted molar refractivity (Wildman–Crippen MR) is 40.6 cm³/mol. The summed E-state index contributed by atoms with van der Waals surface area (Å²) in [4.78, 5) is 21.0. The quantitative estimate of drug-likeness (QED) is 0.434. The number of hydrogen-bond acceptors (Lipinski definition) is 4. The van der Waals surface area contributed by atoms with Gasteiger partial charge in [-0.15, -0.1) is 0 Å². The number of hydrogen-bond donors (Lipinski definition) is 4. The Kier molecular flexibility index (Phi) is 2.07. The minimum Gasteiger partial charge on any atom is -0.478 e. The second-order valence-electron chi connectivity index (χ2n) is 2.40. The van der Waals surface area contributed by atoms with E-state index in [4.69, 9.17) is 10.2 Å². The van der Waals surface area contributed by atoms with E-state index in [2.05, 4.69) is 5.32 Å². The van der Waals surface area contributed by atoms with E-state index in [1.807, 2.05) is 0 Å². The van der Waals surface area contributed by atoms with Crippen LogP contribution in [0.3, 0.4) is 0 Å². The van der Waals surface area contributed by atoms with Crippen LogP contribution in [0.1, 0.15) is 0 Å². The van der Waals surface area contributed by atoms with E-state index in [9.17, 15) is 14.7 Å². The summed E-state index contributed by atoms with van der Waals surface area (Å²) in [5, 5.41) is 28.5. The van der Waals surface area contributed by atoms with E-state index in [1.165, 1.54) is 6.08 Å². The highest BCUT2D eigenvalue weighted by atomic mass is 16.4. The summed E-state index contributed by atoms with van der Waals surface area (Å²) >= 11 is 0. The van der Waals surface area contributed by atoms with Crippen molar-refractivity contribution in [2.75, 3.05) is 0 Å². The Labute approximate surface area is 72.8 Å². The van der Waals surface area contributed by atoms with E-state index in [-0.39, 0.29) is 0 Å². The Balaban J connectivity index is 3.13. The highest BCUT2D eigenvalue weighted by Gasteiger charge is 2.44. The van der Waals surface area contributed by atoms with Gasteiger partial charge in [-0.1, -0.05) is 0 Å². The van der Waals surface area contributed by atoms with Crippen LogP contribution >= 0.6 is 0 Å². The molecule has 6 heteroatoms. The first-order valence-electron chi connectivity index (χ1n) is 3.32. The molecule has 13 heavy (non-hydrogen) atoms. The number of rotatable bonds is 2. The topological polar surface area (TPSA) is 107 Å². The molecule has 0 spiro atoms. The highest BCUT2D eigenvalue weighted by molar-refractivity contribution is 5.98. The van der Waals surface area contributed by atoms with Crippen molar-refractivity contribution >= 4 is 11.9 Å². The number of aliphatic hydroxyl groups is 1. The van der Waals surface area contributed by atoms with Crippen molar-refractivity contribution in [1.29, 1.82) is 0 Å². The molecule has 0 fully saturated rings. The molecule has 4 N–H and O–H groups in total. The van der Waals surface area contributed by atoms with Gasteiger partial charge in [0.1, 0.15) is 5.57 Å². The van der Waals surface area contributed by atoms with Crippen molar-refractivity contribution in [3.8, 4) is 0 Å². The van der Waals surface area contributed by atoms with E-state index < -0.39 is 23.2 Å². The highest BCUT2D eigenvalue weighted by Crippen LogP contribution is 2.17. The molecule has 0 saturated carbocycles. The molecular formula is C7H7NO5. The third kappa shape index (κ3) is 1.38. The van der Waals surface area contributed by atoms with Gasteiger partial charge in [-0.05, 0) is 18.4 Å². The average Bonchev–Trinajstić information content (AvgIpc) is 2.04. The number of dihydropyridines is 1. The summed E-state index contributed by atoms with van der Waals surface area (Å²) in [5.41, 5.74) is -3.16. The molecule has 1 unspecified atom stereocenters. The minimum absolute atomic E-state index is 0.623. The number of carbonyl (C=O) groups is 2. The van der Waals surface area contributed by atoms with E-state index in [0.717, 1.165) is 12.3 Å². The van der Waals surface area contributed by atoms with Crippen LogP contribution in [0.5, 0.6) is 0 Å². The van der Waals surface area contributed by atoms with Crippen LogP contribution in [0, 0.1) is 0 Å². The van der Waals surface area contributed by atoms with Gasteiger partial charge in [0.15, 0.2) is 0 Å². The molecule has 0 amide bonds. The summed E-state index contributed by atoms with van der Waals surface area (Å²) < 4.78 is 0. The van der Waals surface area contributed by atoms with Gasteiger partial charge >= 0.3 is 11.9 Å². The molecule has 1 heterocycles. The van der Waals surface area contributed by atoms with Crippen LogP contribution in [0.15, 0.2) is 23.9 Å². The third-order valence-electron chi connectivity index (χ3n) is 1.58. The van der Waals surface area contributed by atoms with Crippen LogP contribution in [-0.2, 0) is 9.59 Å². The van der Waals surface area contributed by atoms with Gasteiger partial charge in [-0.3, -0.25) is 0 Å². The Hall–Kier alpha value is -1.82. The molecule has 0 saturated heterocycles. The number of allylic oxidation sites excluding steroid dienone is 2. The van der Waals surface area contributed by atoms with E-state index in [1.54, 1.807) is 0 Å². The number of aliphatic carboxylic acids is 2. The Morgan fingerprint density at radius 2 is 2.00 bits per heavy atom. The lowest BCUT2D eigenvalue weighted by Crippen LogP contribution is -2.54. The summed E-state index contributed by atoms with van der Waals surface area (Å²) in [6.07, 6.45) is 3.47. The summed E-state index contributed by atoms with van der Waals surface area (Å²) in [6.45, 7) is 0. The molecule has 6 nitrogen and oxygen atoms in total. The summed E-state index contributed by atoms with van der Waals surface area (Å²) in [7, 11) is 0. The fourth-order valence-electron chi connectivity index (χ4n) is 0.914. The smallest absolute Gasteiger partial charge is 0.362 e. The van der Waals surface area contributed by atoms with Crippen molar-refractivity contribution in [2.45, 2.75) is 5.72 Å². The maximum Gasteiger partial charge on any atom is 0.362 e. The van der Waals surface area contributed by atoms with E-state index >= 15 is 0 Å². The Bertz CT molecular complexity index is 319. The molecule has 1 aliphatic heterocycles. The van der Waals surface area contributed by atoms with E-state index in [0.29, 0.717) is 0 Å². The minimum atomic E-state index is -2.54. The second-order valence-corrected chi connectivity index (χ2v) is 2.40. The molecule has 0 radical (unpaired) electrons. The first-order chi connectivity index (χ1) is 5.98. The van der Waals surface area contributed by atoms with Crippen molar-refractivity contribution in [3.05, 3.63) is 23.9 Å². The van der Waals surface area contributed by atoms with Crippen LogP contribution in [-0.4, -0.2) is 33.0 Å². The number of nitrogens with one attached hydrogen (secondary N) is 1. The SMILES string of the molecule is O=C(O)C1=CC=CNC1(O)C(=O)O. The number of carboxylic acids is 2. The molecule has 1 rings (SSSR count). The predicted octanol–water partition coefficient (Wildman–Crippen LogP) is -1.11. The molecular weight excluding hydrogens is 178 g/mol. The fraction of sp³-hybridized carbons (Fsp3) is 0.143. The molecule has 0 aromatic rings. The van der Waals surface area contributed by atoms with Crippen LogP contribution in [0.25, 0.3) is 0 Å². The molecule has 0 aromatic heterocycles. The van der Waals surface area contributed by atoms with Gasteiger partial charge in [0.2, 0.25) is 0 Å². The van der Waals surface area contributed by atoms with Gasteiger partial charge in [-0.2, -0.15) is 0 Å². The first kappa shape index (κ1) is 9.27. The van der Waals surface area contributed by atoms with Crippen LogP contribution in [0.4, 0.5) is 0 Å². The largest absolute Gasteiger partial charge is 0.478 e. The van der Waals surface area contributed by atoms with Crippen molar-refractivity contribution in [2.24, 2.45) is 0 Å². The van der Waals surface area contributed by atoms with Gasteiger partial charge in [-0.25, -0.2) is 9.59 Å². The third-order valence-corrected chi connectivity index (χ3v) is 1.58. The molecule has 0 aromatic carbocycles. The average molecular weight is 185 g/mol. The van der Waals surface area contributed by atoms with Gasteiger partial charge < -0.3 is 20.6 Å². The number of carboxylic acid groups (broad SMARTS) is 2. The summed E-state index contributed by atoms with van der Waals surface area (Å²) in [5.74, 6) is -3.15. The van der Waals surface area contributed by atoms with Crippen LogP contribution in [0.2, 0.25) is 0 Å². The van der Waals surface area contributed by atoms with Crippen LogP contribution < -0.4 is 5.32 Å². The Morgan fingerprint density at radius 1 is 1.38 bits per heavy atom. The second kappa shape index (κ2) is 2.91. The zero-order valence-electron chi connectivity index (χ0n) is 6.39. The molecule has 1 aliphatic rings. The molecule has 70 valence electrons. The van der Waals surface area contributed by atoms with Gasteiger partial charge in [0, 0.05) is 0 Å².